The number of hydrogen-bond donors (Lipinski definition) is 1. The summed E-state index contributed by atoms with van der Waals surface area (Å²) in [5, 5.41) is 4.23. The quantitative estimate of drug-likeness (QED) is 0.881. The molecular formula is C14H25N5. The highest BCUT2D eigenvalue weighted by atomic mass is 15.3. The van der Waals surface area contributed by atoms with Gasteiger partial charge in [0.25, 0.3) is 0 Å². The summed E-state index contributed by atoms with van der Waals surface area (Å²) in [6, 6.07) is 3.37. The maximum absolute atomic E-state index is 5.63. The van der Waals surface area contributed by atoms with Crippen molar-refractivity contribution in [3.05, 3.63) is 12.3 Å². The first kappa shape index (κ1) is 12.9. The summed E-state index contributed by atoms with van der Waals surface area (Å²) in [6.07, 6.45) is 5.89. The number of piperazine rings is 1. The van der Waals surface area contributed by atoms with Crippen molar-refractivity contribution in [2.45, 2.75) is 44.8 Å². The van der Waals surface area contributed by atoms with Crippen molar-refractivity contribution in [3.63, 3.8) is 0 Å². The zero-order valence-corrected chi connectivity index (χ0v) is 11.8. The van der Waals surface area contributed by atoms with Crippen LogP contribution in [0.4, 0.5) is 5.82 Å². The van der Waals surface area contributed by atoms with Crippen molar-refractivity contribution in [2.75, 3.05) is 31.9 Å². The Labute approximate surface area is 115 Å². The molecule has 0 radical (unpaired) electrons. The minimum Gasteiger partial charge on any atom is -0.382 e. The van der Waals surface area contributed by atoms with Crippen molar-refractivity contribution in [2.24, 2.45) is 0 Å². The number of fused-ring (bicyclic) bond motifs is 1. The summed E-state index contributed by atoms with van der Waals surface area (Å²) in [5.41, 5.74) is 5.63. The Hall–Kier alpha value is -1.07. The number of rotatable bonds is 4. The predicted molar refractivity (Wildman–Crippen MR) is 76.9 cm³/mol. The molecule has 0 aliphatic carbocycles. The zero-order chi connectivity index (χ0) is 13.2. The average Bonchev–Trinajstić information content (AvgIpc) is 2.98. The third-order valence-corrected chi connectivity index (χ3v) is 4.56. The molecule has 0 spiro atoms. The van der Waals surface area contributed by atoms with Gasteiger partial charge in [-0.2, -0.15) is 5.10 Å². The number of aryl methyl sites for hydroxylation is 1. The molecule has 0 amide bonds. The molecule has 5 nitrogen and oxygen atoms in total. The van der Waals surface area contributed by atoms with Gasteiger partial charge >= 0.3 is 0 Å². The van der Waals surface area contributed by atoms with Crippen LogP contribution in [0.25, 0.3) is 0 Å². The minimum atomic E-state index is 0.618. The predicted octanol–water partition coefficient (Wildman–Crippen LogP) is 1.02. The van der Waals surface area contributed by atoms with Crippen molar-refractivity contribution in [3.8, 4) is 0 Å². The fraction of sp³-hybridized carbons (Fsp3) is 0.786. The van der Waals surface area contributed by atoms with Gasteiger partial charge in [0.15, 0.2) is 0 Å². The molecule has 2 N–H and O–H groups in total. The lowest BCUT2D eigenvalue weighted by Gasteiger charge is -2.42. The van der Waals surface area contributed by atoms with Crippen LogP contribution in [0.2, 0.25) is 0 Å². The molecule has 0 bridgehead atoms. The van der Waals surface area contributed by atoms with Crippen LogP contribution in [0.3, 0.4) is 0 Å². The third kappa shape index (κ3) is 2.92. The number of nitrogens with two attached hydrogens (primary N) is 1. The lowest BCUT2D eigenvalue weighted by atomic mass is 10.1. The molecule has 3 heterocycles. The van der Waals surface area contributed by atoms with E-state index in [1.165, 1.54) is 39.0 Å². The second-order valence-corrected chi connectivity index (χ2v) is 5.99. The lowest BCUT2D eigenvalue weighted by molar-refractivity contribution is 0.0578. The van der Waals surface area contributed by atoms with E-state index in [0.717, 1.165) is 19.0 Å². The Kier molecular flexibility index (Phi) is 3.75. The Bertz CT molecular complexity index is 416. The molecule has 5 heteroatoms. The van der Waals surface area contributed by atoms with Gasteiger partial charge in [-0.3, -0.25) is 14.5 Å². The van der Waals surface area contributed by atoms with Gasteiger partial charge in [-0.25, -0.2) is 0 Å². The highest BCUT2D eigenvalue weighted by Crippen LogP contribution is 2.24. The lowest BCUT2D eigenvalue weighted by Crippen LogP contribution is -2.55. The maximum Gasteiger partial charge on any atom is 0.145 e. The summed E-state index contributed by atoms with van der Waals surface area (Å²) in [4.78, 5) is 5.33. The molecule has 1 aromatic heterocycles. The summed E-state index contributed by atoms with van der Waals surface area (Å²) >= 11 is 0. The van der Waals surface area contributed by atoms with E-state index in [9.17, 15) is 0 Å². The van der Waals surface area contributed by atoms with Crippen molar-refractivity contribution in [1.29, 1.82) is 0 Å². The Morgan fingerprint density at radius 1 is 1.37 bits per heavy atom. The van der Waals surface area contributed by atoms with E-state index < -0.39 is 0 Å². The van der Waals surface area contributed by atoms with E-state index in [-0.39, 0.29) is 0 Å². The average molecular weight is 263 g/mol. The molecule has 0 saturated carbocycles. The monoisotopic (exact) mass is 263 g/mol. The van der Waals surface area contributed by atoms with Gasteiger partial charge in [-0.05, 0) is 38.8 Å². The second kappa shape index (κ2) is 5.51. The van der Waals surface area contributed by atoms with E-state index in [4.69, 9.17) is 5.73 Å². The minimum absolute atomic E-state index is 0.618. The first-order chi connectivity index (χ1) is 9.22. The van der Waals surface area contributed by atoms with Crippen LogP contribution < -0.4 is 5.73 Å². The SMILES string of the molecule is CC1CN2CCCC2CN1CCCn1ccc(N)n1. The van der Waals surface area contributed by atoms with Crippen LogP contribution in [0.5, 0.6) is 0 Å². The van der Waals surface area contributed by atoms with E-state index in [0.29, 0.717) is 11.9 Å². The molecule has 2 saturated heterocycles. The van der Waals surface area contributed by atoms with Crippen LogP contribution in [0, 0.1) is 0 Å². The molecule has 2 unspecified atom stereocenters. The van der Waals surface area contributed by atoms with E-state index >= 15 is 0 Å². The fourth-order valence-corrected chi connectivity index (χ4v) is 3.50. The highest BCUT2D eigenvalue weighted by molar-refractivity contribution is 5.23. The third-order valence-electron chi connectivity index (χ3n) is 4.56. The van der Waals surface area contributed by atoms with Crippen LogP contribution in [-0.2, 0) is 6.54 Å². The molecular weight excluding hydrogens is 238 g/mol. The molecule has 2 fully saturated rings. The van der Waals surface area contributed by atoms with Crippen LogP contribution in [-0.4, -0.2) is 57.8 Å². The largest absolute Gasteiger partial charge is 0.382 e. The first-order valence-electron chi connectivity index (χ1n) is 7.49. The van der Waals surface area contributed by atoms with Gasteiger partial charge in [-0.1, -0.05) is 0 Å². The first-order valence-corrected chi connectivity index (χ1v) is 7.49. The van der Waals surface area contributed by atoms with Gasteiger partial charge in [-0.15, -0.1) is 0 Å². The number of anilines is 1. The van der Waals surface area contributed by atoms with Crippen LogP contribution in [0.1, 0.15) is 26.2 Å². The molecule has 106 valence electrons. The van der Waals surface area contributed by atoms with Crippen LogP contribution >= 0.6 is 0 Å². The highest BCUT2D eigenvalue weighted by Gasteiger charge is 2.33. The van der Waals surface area contributed by atoms with E-state index in [1.54, 1.807) is 0 Å². The zero-order valence-electron chi connectivity index (χ0n) is 11.8. The summed E-state index contributed by atoms with van der Waals surface area (Å²) in [5.74, 6) is 0.618. The summed E-state index contributed by atoms with van der Waals surface area (Å²) < 4.78 is 1.95. The molecule has 2 aliphatic heterocycles. The summed E-state index contributed by atoms with van der Waals surface area (Å²) in [7, 11) is 0. The standard InChI is InChI=1S/C14H25N5/c1-12-10-18-6-2-4-13(18)11-17(12)7-3-8-19-9-5-14(15)16-19/h5,9,12-13H,2-4,6-8,10-11H2,1H3,(H2,15,16). The number of hydrogen-bond acceptors (Lipinski definition) is 4. The van der Waals surface area contributed by atoms with Gasteiger partial charge in [0.1, 0.15) is 5.82 Å². The molecule has 0 aromatic carbocycles. The number of nitrogens with zero attached hydrogens (tertiary/aromatic N) is 4. The van der Waals surface area contributed by atoms with Crippen LogP contribution in [0.15, 0.2) is 12.3 Å². The van der Waals surface area contributed by atoms with E-state index in [2.05, 4.69) is 21.8 Å². The van der Waals surface area contributed by atoms with E-state index in [1.807, 2.05) is 16.9 Å². The van der Waals surface area contributed by atoms with Gasteiger partial charge in [0.05, 0.1) is 0 Å². The Balaban J connectivity index is 1.47. The van der Waals surface area contributed by atoms with Crippen molar-refractivity contribution < 1.29 is 0 Å². The smallest absolute Gasteiger partial charge is 0.145 e. The summed E-state index contributed by atoms with van der Waals surface area (Å²) in [6.45, 7) is 8.32. The van der Waals surface area contributed by atoms with Gasteiger partial charge < -0.3 is 5.73 Å². The van der Waals surface area contributed by atoms with Gasteiger partial charge in [0, 0.05) is 44.5 Å². The molecule has 2 aliphatic rings. The topological polar surface area (TPSA) is 50.3 Å². The molecule has 19 heavy (non-hydrogen) atoms. The Morgan fingerprint density at radius 3 is 3.05 bits per heavy atom. The molecule has 3 rings (SSSR count). The molecule has 2 atom stereocenters. The second-order valence-electron chi connectivity index (χ2n) is 5.99. The maximum atomic E-state index is 5.63. The Morgan fingerprint density at radius 2 is 2.26 bits per heavy atom. The fourth-order valence-electron chi connectivity index (χ4n) is 3.50. The molecule has 1 aromatic rings. The number of nitrogen functional groups attached to an aromatic ring is 1. The van der Waals surface area contributed by atoms with Gasteiger partial charge in [0.2, 0.25) is 0 Å². The normalized spacial score (nSPS) is 28.7. The number of aromatic nitrogens is 2. The van der Waals surface area contributed by atoms with Crippen molar-refractivity contribution >= 4 is 5.82 Å². The van der Waals surface area contributed by atoms with Crippen molar-refractivity contribution in [1.82, 2.24) is 19.6 Å².